The van der Waals surface area contributed by atoms with Crippen LogP contribution in [0.15, 0.2) is 182 Å². The van der Waals surface area contributed by atoms with Gasteiger partial charge in [-0.25, -0.2) is 4.98 Å². The maximum Gasteiger partial charge on any atom is 0.124 e. The predicted octanol–water partition coefficient (Wildman–Crippen LogP) is 16.5. The van der Waals surface area contributed by atoms with Gasteiger partial charge in [0.05, 0.1) is 28.1 Å². The number of benzene rings is 7. The predicted molar refractivity (Wildman–Crippen MR) is 278 cm³/mol. The molecular weight excluding hydrogens is 803 g/mol. The Morgan fingerprint density at radius 3 is 1.76 bits per heavy atom. The van der Waals surface area contributed by atoms with E-state index in [4.69, 9.17) is 9.97 Å². The van der Waals surface area contributed by atoms with E-state index in [-0.39, 0.29) is 16.6 Å². The second-order valence-corrected chi connectivity index (χ2v) is 19.8. The number of rotatable bonds is 7. The van der Waals surface area contributed by atoms with E-state index in [0.29, 0.717) is 11.3 Å². The molecule has 4 nitrogen and oxygen atoms in total. The summed E-state index contributed by atoms with van der Waals surface area (Å²) in [5, 5.41) is 13.6. The molecule has 4 heteroatoms. The van der Waals surface area contributed by atoms with Gasteiger partial charge in [0.2, 0.25) is 0 Å². The Labute approximate surface area is 388 Å². The zero-order valence-corrected chi connectivity index (χ0v) is 39.1. The number of nitrogens with zero attached hydrogens (tertiary/aromatic N) is 3. The summed E-state index contributed by atoms with van der Waals surface area (Å²) in [6, 6.07) is 62.4. The molecule has 66 heavy (non-hydrogen) atoms. The molecule has 0 aliphatic carbocycles. The smallest absolute Gasteiger partial charge is 0.124 e. The molecule has 0 spiro atoms. The lowest BCUT2D eigenvalue weighted by Gasteiger charge is -2.26. The molecule has 324 valence electrons. The average Bonchev–Trinajstić information content (AvgIpc) is 3.66. The van der Waals surface area contributed by atoms with Crippen molar-refractivity contribution in [2.75, 3.05) is 0 Å². The van der Waals surface area contributed by atoms with Crippen molar-refractivity contribution in [3.63, 3.8) is 0 Å². The van der Waals surface area contributed by atoms with Crippen LogP contribution in [0.1, 0.15) is 63.8 Å². The number of aromatic nitrogens is 3. The molecule has 0 fully saturated rings. The summed E-state index contributed by atoms with van der Waals surface area (Å²) in [4.78, 5) is 10.2. The number of aromatic hydroxyl groups is 1. The maximum atomic E-state index is 11.1. The topological polar surface area (TPSA) is 50.9 Å². The molecule has 0 atom stereocenters. The number of aryl methyl sites for hydroxylation is 2. The van der Waals surface area contributed by atoms with Crippen molar-refractivity contribution in [1.82, 2.24) is 14.5 Å². The van der Waals surface area contributed by atoms with Crippen LogP contribution in [0.5, 0.6) is 5.75 Å². The van der Waals surface area contributed by atoms with Gasteiger partial charge in [-0.05, 0) is 135 Å². The second-order valence-electron chi connectivity index (χ2n) is 19.8. The molecule has 3 aromatic heterocycles. The Morgan fingerprint density at radius 2 is 1.02 bits per heavy atom. The fourth-order valence-corrected chi connectivity index (χ4v) is 9.40. The summed E-state index contributed by atoms with van der Waals surface area (Å²) < 4.78 is 2.46. The van der Waals surface area contributed by atoms with E-state index in [1.807, 2.05) is 24.4 Å². The Bertz CT molecular complexity index is 3440. The van der Waals surface area contributed by atoms with Crippen LogP contribution >= 0.6 is 0 Å². The number of fused-ring (bicyclic) bond motifs is 3. The molecule has 3 heterocycles. The number of phenolic OH excluding ortho intramolecular Hbond substituents is 1. The van der Waals surface area contributed by atoms with Crippen LogP contribution in [-0.4, -0.2) is 19.6 Å². The van der Waals surface area contributed by atoms with E-state index in [1.54, 1.807) is 6.07 Å². The van der Waals surface area contributed by atoms with Crippen molar-refractivity contribution in [1.29, 1.82) is 0 Å². The minimum absolute atomic E-state index is 0.0452. The van der Waals surface area contributed by atoms with Gasteiger partial charge in [-0.15, -0.1) is 0 Å². The largest absolute Gasteiger partial charge is 0.507 e. The van der Waals surface area contributed by atoms with Gasteiger partial charge in [-0.3, -0.25) is 4.98 Å². The summed E-state index contributed by atoms with van der Waals surface area (Å²) in [5.74, 6) is 0.199. The van der Waals surface area contributed by atoms with Gasteiger partial charge >= 0.3 is 0 Å². The van der Waals surface area contributed by atoms with Crippen molar-refractivity contribution in [2.24, 2.45) is 0 Å². The van der Waals surface area contributed by atoms with E-state index in [9.17, 15) is 5.11 Å². The first-order valence-corrected chi connectivity index (χ1v) is 22.9. The summed E-state index contributed by atoms with van der Waals surface area (Å²) in [6.07, 6.45) is 1.93. The van der Waals surface area contributed by atoms with E-state index < -0.39 is 0 Å². The van der Waals surface area contributed by atoms with Crippen molar-refractivity contribution in [2.45, 2.75) is 66.2 Å². The molecule has 10 rings (SSSR count). The van der Waals surface area contributed by atoms with Gasteiger partial charge in [0.15, 0.2) is 0 Å². The van der Waals surface area contributed by atoms with Crippen molar-refractivity contribution < 1.29 is 5.11 Å². The molecule has 7 aromatic carbocycles. The minimum Gasteiger partial charge on any atom is -0.507 e. The van der Waals surface area contributed by atoms with E-state index in [2.05, 4.69) is 212 Å². The van der Waals surface area contributed by atoms with Gasteiger partial charge in [0.25, 0.3) is 0 Å². The quantitative estimate of drug-likeness (QED) is 0.174. The standard InChI is InChI=1S/C62H55N3O/c1-39-31-58(40(2)30-53(39)41-18-10-9-11-19-41)65-57-26-14-12-22-50(57)51-25-17-24-49(60(51)65)42-28-29-63-54(35-42)43-20-16-21-44(32-43)55-36-46(37-56(64-55)52-23-13-15-27-59(52)66)45-33-47(61(3,4)5)38-48(34-45)62(6,7)8/h9-38,66H,1-8H3. The van der Waals surface area contributed by atoms with Crippen LogP contribution in [0, 0.1) is 13.8 Å². The van der Waals surface area contributed by atoms with Crippen molar-refractivity contribution in [3.8, 4) is 78.6 Å². The van der Waals surface area contributed by atoms with Crippen LogP contribution < -0.4 is 0 Å². The first kappa shape index (κ1) is 42.4. The van der Waals surface area contributed by atoms with Gasteiger partial charge < -0.3 is 9.67 Å². The molecular formula is C62H55N3O. The average molecular weight is 858 g/mol. The molecule has 10 aromatic rings. The molecule has 0 amide bonds. The maximum absolute atomic E-state index is 11.1. The fraction of sp³-hybridized carbons (Fsp3) is 0.161. The molecule has 0 radical (unpaired) electrons. The third kappa shape index (κ3) is 7.87. The zero-order chi connectivity index (χ0) is 45.9. The van der Waals surface area contributed by atoms with Crippen LogP contribution in [0.3, 0.4) is 0 Å². The summed E-state index contributed by atoms with van der Waals surface area (Å²) >= 11 is 0. The van der Waals surface area contributed by atoms with Gasteiger partial charge in [0, 0.05) is 44.9 Å². The molecule has 0 unspecified atom stereocenters. The Kier molecular flexibility index (Phi) is 10.6. The van der Waals surface area contributed by atoms with Crippen LogP contribution in [0.25, 0.3) is 94.6 Å². The second kappa shape index (κ2) is 16.5. The Morgan fingerprint density at radius 1 is 0.424 bits per heavy atom. The molecule has 0 saturated heterocycles. The van der Waals surface area contributed by atoms with Gasteiger partial charge in [0.1, 0.15) is 5.75 Å². The number of pyridine rings is 2. The number of hydrogen-bond donors (Lipinski definition) is 1. The lowest BCUT2D eigenvalue weighted by Crippen LogP contribution is -2.16. The monoisotopic (exact) mass is 857 g/mol. The van der Waals surface area contributed by atoms with Gasteiger partial charge in [-0.1, -0.05) is 157 Å². The third-order valence-corrected chi connectivity index (χ3v) is 13.1. The lowest BCUT2D eigenvalue weighted by molar-refractivity contribution is 0.477. The number of para-hydroxylation sites is 3. The molecule has 0 aliphatic heterocycles. The highest BCUT2D eigenvalue weighted by atomic mass is 16.3. The summed E-state index contributed by atoms with van der Waals surface area (Å²) in [6.45, 7) is 18.1. The van der Waals surface area contributed by atoms with Crippen LogP contribution in [0.2, 0.25) is 0 Å². The van der Waals surface area contributed by atoms with Crippen LogP contribution in [-0.2, 0) is 10.8 Å². The third-order valence-electron chi connectivity index (χ3n) is 13.1. The minimum atomic E-state index is -0.0452. The molecule has 0 aliphatic rings. The highest BCUT2D eigenvalue weighted by Gasteiger charge is 2.23. The Balaban J connectivity index is 1.11. The first-order valence-electron chi connectivity index (χ1n) is 22.9. The Hall–Kier alpha value is -7.56. The van der Waals surface area contributed by atoms with Crippen molar-refractivity contribution in [3.05, 3.63) is 204 Å². The fourth-order valence-electron chi connectivity index (χ4n) is 9.40. The summed E-state index contributed by atoms with van der Waals surface area (Å²) in [5.41, 5.74) is 20.4. The highest BCUT2D eigenvalue weighted by molar-refractivity contribution is 6.14. The van der Waals surface area contributed by atoms with E-state index in [0.717, 1.165) is 44.8 Å². The molecule has 0 saturated carbocycles. The molecule has 0 bridgehead atoms. The highest BCUT2D eigenvalue weighted by Crippen LogP contribution is 2.42. The molecule has 1 N–H and O–H groups in total. The van der Waals surface area contributed by atoms with E-state index >= 15 is 0 Å². The lowest BCUT2D eigenvalue weighted by atomic mass is 9.79. The van der Waals surface area contributed by atoms with Crippen molar-refractivity contribution >= 4 is 21.8 Å². The number of hydrogen-bond acceptors (Lipinski definition) is 3. The SMILES string of the molecule is Cc1cc(-n2c3ccccc3c3cccc(-c4ccnc(-c5cccc(-c6cc(-c7cc(C(C)(C)C)cc(C(C)(C)C)c7)cc(-c7ccccc7O)n6)c5)c4)c32)c(C)cc1-c1ccccc1. The van der Waals surface area contributed by atoms with E-state index in [1.165, 1.54) is 60.9 Å². The van der Waals surface area contributed by atoms with Gasteiger partial charge in [-0.2, -0.15) is 0 Å². The zero-order valence-electron chi connectivity index (χ0n) is 39.1. The van der Waals surface area contributed by atoms with Crippen LogP contribution in [0.4, 0.5) is 0 Å². The normalized spacial score (nSPS) is 12.0. The number of phenols is 1. The summed E-state index contributed by atoms with van der Waals surface area (Å²) in [7, 11) is 0. The first-order chi connectivity index (χ1) is 31.7.